The Hall–Kier alpha value is -2.97. The Balaban J connectivity index is 1.39. The van der Waals surface area contributed by atoms with Gasteiger partial charge < -0.3 is 0 Å². The summed E-state index contributed by atoms with van der Waals surface area (Å²) in [6.07, 6.45) is -0.0863. The van der Waals surface area contributed by atoms with Crippen molar-refractivity contribution in [3.8, 4) is 0 Å². The van der Waals surface area contributed by atoms with Crippen molar-refractivity contribution in [3.05, 3.63) is 83.4 Å². The molecule has 0 aromatic heterocycles. The van der Waals surface area contributed by atoms with E-state index in [0.29, 0.717) is 19.6 Å². The molecule has 170 valence electrons. The average Bonchev–Trinajstić information content (AvgIpc) is 2.75. The lowest BCUT2D eigenvalue weighted by atomic mass is 10.1. The molecule has 1 aliphatic rings. The summed E-state index contributed by atoms with van der Waals surface area (Å²) >= 11 is 0. The number of piperazine rings is 1. The van der Waals surface area contributed by atoms with Crippen molar-refractivity contribution >= 4 is 12.1 Å². The van der Waals surface area contributed by atoms with Gasteiger partial charge in [-0.1, -0.05) is 36.4 Å². The second-order valence-corrected chi connectivity index (χ2v) is 7.78. The molecule has 3 rings (SSSR count). The summed E-state index contributed by atoms with van der Waals surface area (Å²) < 4.78 is 38.0. The van der Waals surface area contributed by atoms with Crippen LogP contribution in [0, 0.1) is 0 Å². The Morgan fingerprint density at radius 1 is 1.03 bits per heavy atom. The summed E-state index contributed by atoms with van der Waals surface area (Å²) in [7, 11) is 0. The highest BCUT2D eigenvalue weighted by atomic mass is 19.4. The number of halogens is 3. The fourth-order valence-electron chi connectivity index (χ4n) is 3.55. The van der Waals surface area contributed by atoms with E-state index in [4.69, 9.17) is 0 Å². The van der Waals surface area contributed by atoms with Crippen molar-refractivity contribution in [3.63, 3.8) is 0 Å². The molecular weight excluding hydrogens is 417 g/mol. The molecule has 32 heavy (non-hydrogen) atoms. The molecule has 1 aliphatic heterocycles. The fraction of sp³-hybridized carbons (Fsp3) is 0.333. The molecule has 0 bridgehead atoms. The van der Waals surface area contributed by atoms with E-state index in [2.05, 4.69) is 22.0 Å². The van der Waals surface area contributed by atoms with Crippen LogP contribution in [0.5, 0.6) is 0 Å². The van der Waals surface area contributed by atoms with Crippen molar-refractivity contribution in [2.24, 2.45) is 5.10 Å². The van der Waals surface area contributed by atoms with Gasteiger partial charge in [-0.3, -0.25) is 14.6 Å². The highest BCUT2D eigenvalue weighted by Gasteiger charge is 2.30. The monoisotopic (exact) mass is 444 g/mol. The predicted molar refractivity (Wildman–Crippen MR) is 119 cm³/mol. The summed E-state index contributed by atoms with van der Waals surface area (Å²) in [4.78, 5) is 16.4. The summed E-state index contributed by atoms with van der Waals surface area (Å²) in [6, 6.07) is 13.1. The number of amides is 1. The largest absolute Gasteiger partial charge is 0.416 e. The first-order valence-corrected chi connectivity index (χ1v) is 10.5. The summed E-state index contributed by atoms with van der Waals surface area (Å²) in [5.41, 5.74) is 4.80. The van der Waals surface area contributed by atoms with Crippen molar-refractivity contribution in [2.75, 3.05) is 32.7 Å². The zero-order valence-electron chi connectivity index (χ0n) is 17.8. The second-order valence-electron chi connectivity index (χ2n) is 7.78. The van der Waals surface area contributed by atoms with Gasteiger partial charge in [0, 0.05) is 32.7 Å². The van der Waals surface area contributed by atoms with Crippen molar-refractivity contribution in [1.29, 1.82) is 0 Å². The topological polar surface area (TPSA) is 47.9 Å². The van der Waals surface area contributed by atoms with E-state index in [9.17, 15) is 18.0 Å². The van der Waals surface area contributed by atoms with E-state index >= 15 is 0 Å². The second kappa shape index (κ2) is 11.1. The number of nitrogens with one attached hydrogen (secondary N) is 1. The van der Waals surface area contributed by atoms with E-state index in [0.717, 1.165) is 48.3 Å². The molecule has 1 heterocycles. The predicted octanol–water partition coefficient (Wildman–Crippen LogP) is 3.70. The van der Waals surface area contributed by atoms with E-state index in [-0.39, 0.29) is 12.5 Å². The maximum atomic E-state index is 12.7. The van der Waals surface area contributed by atoms with Crippen LogP contribution in [0.4, 0.5) is 13.2 Å². The number of hydrazone groups is 1. The summed E-state index contributed by atoms with van der Waals surface area (Å²) in [5.74, 6) is -0.181. The molecule has 2 aromatic rings. The Morgan fingerprint density at radius 2 is 1.72 bits per heavy atom. The van der Waals surface area contributed by atoms with Gasteiger partial charge in [-0.05, 0) is 41.3 Å². The minimum atomic E-state index is -4.32. The SMILES string of the molecule is C=CCc1cccc(/C=N/NC(=O)CN2CCN(Cc3ccc(C(F)(F)F)cc3)CC2)c1. The minimum Gasteiger partial charge on any atom is -0.297 e. The van der Waals surface area contributed by atoms with Crippen LogP contribution in [-0.4, -0.2) is 54.6 Å². The van der Waals surface area contributed by atoms with Crippen molar-refractivity contribution < 1.29 is 18.0 Å². The molecule has 0 atom stereocenters. The number of alkyl halides is 3. The van der Waals surface area contributed by atoms with Crippen LogP contribution < -0.4 is 5.43 Å². The van der Waals surface area contributed by atoms with Crippen LogP contribution in [0.1, 0.15) is 22.3 Å². The Morgan fingerprint density at radius 3 is 2.38 bits per heavy atom. The third-order valence-electron chi connectivity index (χ3n) is 5.25. The fourth-order valence-corrected chi connectivity index (χ4v) is 3.55. The van der Waals surface area contributed by atoms with E-state index in [1.54, 1.807) is 6.21 Å². The highest BCUT2D eigenvalue weighted by molar-refractivity contribution is 5.83. The zero-order chi connectivity index (χ0) is 23.0. The number of carbonyl (C=O) groups is 1. The number of rotatable bonds is 8. The molecule has 5 nitrogen and oxygen atoms in total. The first-order valence-electron chi connectivity index (χ1n) is 10.5. The maximum Gasteiger partial charge on any atom is 0.416 e. The smallest absolute Gasteiger partial charge is 0.297 e. The van der Waals surface area contributed by atoms with Crippen LogP contribution in [0.2, 0.25) is 0 Å². The molecule has 1 amide bonds. The number of benzene rings is 2. The minimum absolute atomic E-state index is 0.181. The Labute approximate surface area is 186 Å². The average molecular weight is 445 g/mol. The third kappa shape index (κ3) is 7.32. The molecule has 2 aromatic carbocycles. The molecule has 0 spiro atoms. The molecule has 0 unspecified atom stereocenters. The quantitative estimate of drug-likeness (QED) is 0.384. The molecule has 1 N–H and O–H groups in total. The molecule has 0 aliphatic carbocycles. The Kier molecular flexibility index (Phi) is 8.19. The van der Waals surface area contributed by atoms with Gasteiger partial charge in [-0.2, -0.15) is 18.3 Å². The first kappa shape index (κ1) is 23.7. The van der Waals surface area contributed by atoms with Crippen LogP contribution in [0.15, 0.2) is 66.3 Å². The number of allylic oxidation sites excluding steroid dienone is 1. The van der Waals surface area contributed by atoms with Gasteiger partial charge in [-0.25, -0.2) is 5.43 Å². The van der Waals surface area contributed by atoms with E-state index < -0.39 is 11.7 Å². The van der Waals surface area contributed by atoms with Crippen LogP contribution in [-0.2, 0) is 23.9 Å². The van der Waals surface area contributed by atoms with Crippen LogP contribution in [0.25, 0.3) is 0 Å². The van der Waals surface area contributed by atoms with Gasteiger partial charge in [0.25, 0.3) is 5.91 Å². The van der Waals surface area contributed by atoms with E-state index in [1.165, 1.54) is 12.1 Å². The lowest BCUT2D eigenvalue weighted by molar-refractivity contribution is -0.137. The molecular formula is C24H27F3N4O. The first-order chi connectivity index (χ1) is 15.3. The molecule has 0 radical (unpaired) electrons. The van der Waals surface area contributed by atoms with Crippen LogP contribution in [0.3, 0.4) is 0 Å². The van der Waals surface area contributed by atoms with Crippen molar-refractivity contribution in [1.82, 2.24) is 15.2 Å². The number of nitrogens with zero attached hydrogens (tertiary/aromatic N) is 3. The maximum absolute atomic E-state index is 12.7. The highest BCUT2D eigenvalue weighted by Crippen LogP contribution is 2.29. The summed E-state index contributed by atoms with van der Waals surface area (Å²) in [5, 5.41) is 4.04. The van der Waals surface area contributed by atoms with Gasteiger partial charge in [0.15, 0.2) is 0 Å². The van der Waals surface area contributed by atoms with Crippen LogP contribution >= 0.6 is 0 Å². The third-order valence-corrected chi connectivity index (χ3v) is 5.25. The zero-order valence-corrected chi connectivity index (χ0v) is 17.8. The Bertz CT molecular complexity index is 933. The number of carbonyl (C=O) groups excluding carboxylic acids is 1. The summed E-state index contributed by atoms with van der Waals surface area (Å²) in [6.45, 7) is 7.48. The van der Waals surface area contributed by atoms with Gasteiger partial charge in [0.05, 0.1) is 18.3 Å². The normalized spacial score (nSPS) is 15.7. The number of hydrogen-bond donors (Lipinski definition) is 1. The van der Waals surface area contributed by atoms with Crippen molar-refractivity contribution in [2.45, 2.75) is 19.1 Å². The standard InChI is InChI=1S/C24H27F3N4O/c1-2-4-19-5-3-6-21(15-19)16-28-29-23(32)18-31-13-11-30(12-14-31)17-20-7-9-22(10-8-20)24(25,26)27/h2-3,5-10,15-16H,1,4,11-14,17-18H2,(H,29,32)/b28-16+. The molecule has 8 heteroatoms. The number of hydrogen-bond acceptors (Lipinski definition) is 4. The van der Waals surface area contributed by atoms with Gasteiger partial charge in [0.1, 0.15) is 0 Å². The van der Waals surface area contributed by atoms with Gasteiger partial charge >= 0.3 is 6.18 Å². The lowest BCUT2D eigenvalue weighted by Gasteiger charge is -2.34. The van der Waals surface area contributed by atoms with Gasteiger partial charge in [0.2, 0.25) is 0 Å². The molecule has 1 fully saturated rings. The lowest BCUT2D eigenvalue weighted by Crippen LogP contribution is -2.48. The molecule has 1 saturated heterocycles. The van der Waals surface area contributed by atoms with Gasteiger partial charge in [-0.15, -0.1) is 6.58 Å². The molecule has 0 saturated carbocycles. The van der Waals surface area contributed by atoms with E-state index in [1.807, 2.05) is 35.2 Å².